The quantitative estimate of drug-likeness (QED) is 0.676. The van der Waals surface area contributed by atoms with Gasteiger partial charge in [0.15, 0.2) is 0 Å². The average molecular weight is 361 g/mol. The standard InChI is InChI=1S/C19H23NO4S/c1-3-13-20(15-16-9-6-5-7-10-16)25(22,23)18-12-8-11-17(14-18)19(21)24-4-2/h5-12,14H,3-4,13,15H2,1-2H3. The normalized spacial score (nSPS) is 11.5. The van der Waals surface area contributed by atoms with Crippen LogP contribution in [0.15, 0.2) is 59.5 Å². The van der Waals surface area contributed by atoms with E-state index in [9.17, 15) is 13.2 Å². The van der Waals surface area contributed by atoms with Gasteiger partial charge in [-0.3, -0.25) is 0 Å². The molecule has 6 heteroatoms. The maximum absolute atomic E-state index is 13.0. The van der Waals surface area contributed by atoms with Crippen molar-refractivity contribution in [2.45, 2.75) is 31.7 Å². The Morgan fingerprint density at radius 1 is 1.04 bits per heavy atom. The lowest BCUT2D eigenvalue weighted by molar-refractivity contribution is 0.0526. The molecule has 0 spiro atoms. The molecule has 0 saturated carbocycles. The smallest absolute Gasteiger partial charge is 0.338 e. The van der Waals surface area contributed by atoms with Crippen LogP contribution in [-0.2, 0) is 21.3 Å². The molecular formula is C19H23NO4S. The van der Waals surface area contributed by atoms with E-state index >= 15 is 0 Å². The van der Waals surface area contributed by atoms with E-state index in [2.05, 4.69) is 0 Å². The molecule has 0 atom stereocenters. The van der Waals surface area contributed by atoms with Crippen LogP contribution in [-0.4, -0.2) is 31.8 Å². The lowest BCUT2D eigenvalue weighted by Crippen LogP contribution is -2.31. The van der Waals surface area contributed by atoms with Crippen molar-refractivity contribution < 1.29 is 17.9 Å². The first-order valence-electron chi connectivity index (χ1n) is 8.30. The highest BCUT2D eigenvalue weighted by molar-refractivity contribution is 7.89. The van der Waals surface area contributed by atoms with E-state index in [0.717, 1.165) is 5.56 Å². The van der Waals surface area contributed by atoms with Crippen molar-refractivity contribution >= 4 is 16.0 Å². The molecule has 0 aliphatic carbocycles. The molecule has 2 aromatic carbocycles. The summed E-state index contributed by atoms with van der Waals surface area (Å²) in [7, 11) is -3.71. The molecule has 0 aromatic heterocycles. The molecule has 2 rings (SSSR count). The number of esters is 1. The second kappa shape index (κ2) is 8.78. The van der Waals surface area contributed by atoms with Gasteiger partial charge >= 0.3 is 5.97 Å². The maximum Gasteiger partial charge on any atom is 0.338 e. The van der Waals surface area contributed by atoms with Gasteiger partial charge in [0.25, 0.3) is 0 Å². The first-order valence-corrected chi connectivity index (χ1v) is 9.74. The van der Waals surface area contributed by atoms with Crippen LogP contribution in [0.1, 0.15) is 36.2 Å². The largest absolute Gasteiger partial charge is 0.462 e. The number of benzene rings is 2. The minimum atomic E-state index is -3.71. The second-order valence-corrected chi connectivity index (χ2v) is 7.51. The number of hydrogen-bond acceptors (Lipinski definition) is 4. The number of carbonyl (C=O) groups is 1. The van der Waals surface area contributed by atoms with Crippen LogP contribution in [0, 0.1) is 0 Å². The summed E-state index contributed by atoms with van der Waals surface area (Å²) >= 11 is 0. The Morgan fingerprint density at radius 3 is 2.40 bits per heavy atom. The van der Waals surface area contributed by atoms with Gasteiger partial charge in [-0.2, -0.15) is 4.31 Å². The molecule has 0 radical (unpaired) electrons. The highest BCUT2D eigenvalue weighted by Crippen LogP contribution is 2.20. The summed E-state index contributed by atoms with van der Waals surface area (Å²) in [5.74, 6) is -0.523. The summed E-state index contributed by atoms with van der Waals surface area (Å²) < 4.78 is 32.5. The van der Waals surface area contributed by atoms with Crippen LogP contribution in [0.2, 0.25) is 0 Å². The lowest BCUT2D eigenvalue weighted by atomic mass is 10.2. The number of sulfonamides is 1. The van der Waals surface area contributed by atoms with Crippen LogP contribution >= 0.6 is 0 Å². The van der Waals surface area contributed by atoms with Crippen LogP contribution in [0.5, 0.6) is 0 Å². The topological polar surface area (TPSA) is 63.7 Å². The van der Waals surface area contributed by atoms with Gasteiger partial charge in [-0.1, -0.05) is 43.3 Å². The molecule has 2 aromatic rings. The first kappa shape index (κ1) is 19.1. The maximum atomic E-state index is 13.0. The van der Waals surface area contributed by atoms with Crippen LogP contribution in [0.25, 0.3) is 0 Å². The SMILES string of the molecule is CCCN(Cc1ccccc1)S(=O)(=O)c1cccc(C(=O)OCC)c1. The van der Waals surface area contributed by atoms with Crippen molar-refractivity contribution in [3.8, 4) is 0 Å². The molecule has 0 bridgehead atoms. The molecule has 0 heterocycles. The Kier molecular flexibility index (Phi) is 6.73. The predicted octanol–water partition coefficient (Wildman–Crippen LogP) is 3.46. The summed E-state index contributed by atoms with van der Waals surface area (Å²) in [6.45, 7) is 4.58. The van der Waals surface area contributed by atoms with Gasteiger partial charge in [-0.25, -0.2) is 13.2 Å². The summed E-state index contributed by atoms with van der Waals surface area (Å²) in [6, 6.07) is 15.4. The van der Waals surface area contributed by atoms with Gasteiger partial charge in [-0.15, -0.1) is 0 Å². The fourth-order valence-electron chi connectivity index (χ4n) is 2.47. The van der Waals surface area contributed by atoms with Crippen molar-refractivity contribution in [1.82, 2.24) is 4.31 Å². The van der Waals surface area contributed by atoms with Gasteiger partial charge in [0, 0.05) is 13.1 Å². The molecule has 0 aliphatic rings. The molecule has 0 amide bonds. The van der Waals surface area contributed by atoms with Crippen molar-refractivity contribution in [1.29, 1.82) is 0 Å². The van der Waals surface area contributed by atoms with Gasteiger partial charge in [0.2, 0.25) is 10.0 Å². The fraction of sp³-hybridized carbons (Fsp3) is 0.316. The summed E-state index contributed by atoms with van der Waals surface area (Å²) in [4.78, 5) is 12.0. The summed E-state index contributed by atoms with van der Waals surface area (Å²) in [5.41, 5.74) is 1.15. The molecule has 134 valence electrons. The Morgan fingerprint density at radius 2 is 1.76 bits per heavy atom. The highest BCUT2D eigenvalue weighted by atomic mass is 32.2. The first-order chi connectivity index (χ1) is 12.0. The monoisotopic (exact) mass is 361 g/mol. The van der Waals surface area contributed by atoms with Gasteiger partial charge in [0.05, 0.1) is 17.1 Å². The summed E-state index contributed by atoms with van der Waals surface area (Å²) in [6.07, 6.45) is 0.698. The zero-order valence-corrected chi connectivity index (χ0v) is 15.3. The zero-order chi connectivity index (χ0) is 18.3. The van der Waals surface area contributed by atoms with E-state index < -0.39 is 16.0 Å². The Bertz CT molecular complexity index is 803. The Labute approximate surface area is 149 Å². The highest BCUT2D eigenvalue weighted by Gasteiger charge is 2.25. The van der Waals surface area contributed by atoms with Crippen LogP contribution < -0.4 is 0 Å². The third-order valence-electron chi connectivity index (χ3n) is 3.66. The van der Waals surface area contributed by atoms with E-state index in [1.165, 1.54) is 16.4 Å². The minimum absolute atomic E-state index is 0.0995. The molecule has 0 aliphatic heterocycles. The van der Waals surface area contributed by atoms with Crippen molar-refractivity contribution in [2.75, 3.05) is 13.2 Å². The molecule has 25 heavy (non-hydrogen) atoms. The third kappa shape index (κ3) is 4.90. The van der Waals surface area contributed by atoms with Gasteiger partial charge in [0.1, 0.15) is 0 Å². The number of nitrogens with zero attached hydrogens (tertiary/aromatic N) is 1. The van der Waals surface area contributed by atoms with Gasteiger partial charge < -0.3 is 4.74 Å². The molecule has 0 N–H and O–H groups in total. The number of ether oxygens (including phenoxy) is 1. The fourth-order valence-corrected chi connectivity index (χ4v) is 4.03. The van der Waals surface area contributed by atoms with E-state index in [4.69, 9.17) is 4.74 Å². The van der Waals surface area contributed by atoms with E-state index in [1.807, 2.05) is 37.3 Å². The van der Waals surface area contributed by atoms with Crippen LogP contribution in [0.3, 0.4) is 0 Å². The van der Waals surface area contributed by atoms with E-state index in [-0.39, 0.29) is 17.1 Å². The third-order valence-corrected chi connectivity index (χ3v) is 5.50. The van der Waals surface area contributed by atoms with Crippen LogP contribution in [0.4, 0.5) is 0 Å². The minimum Gasteiger partial charge on any atom is -0.462 e. The average Bonchev–Trinajstić information content (AvgIpc) is 2.62. The Balaban J connectivity index is 2.33. The van der Waals surface area contributed by atoms with E-state index in [1.54, 1.807) is 19.1 Å². The van der Waals surface area contributed by atoms with Gasteiger partial charge in [-0.05, 0) is 37.1 Å². The van der Waals surface area contributed by atoms with Crippen molar-refractivity contribution in [2.24, 2.45) is 0 Å². The summed E-state index contributed by atoms with van der Waals surface area (Å²) in [5, 5.41) is 0. The number of rotatable bonds is 8. The lowest BCUT2D eigenvalue weighted by Gasteiger charge is -2.22. The molecule has 0 fully saturated rings. The molecular weight excluding hydrogens is 338 g/mol. The predicted molar refractivity (Wildman–Crippen MR) is 96.7 cm³/mol. The second-order valence-electron chi connectivity index (χ2n) is 5.57. The number of carbonyl (C=O) groups excluding carboxylic acids is 1. The zero-order valence-electron chi connectivity index (χ0n) is 14.5. The molecule has 5 nitrogen and oxygen atoms in total. The van der Waals surface area contributed by atoms with Crippen molar-refractivity contribution in [3.63, 3.8) is 0 Å². The van der Waals surface area contributed by atoms with E-state index in [0.29, 0.717) is 19.5 Å². The number of hydrogen-bond donors (Lipinski definition) is 0. The van der Waals surface area contributed by atoms with Crippen molar-refractivity contribution in [3.05, 3.63) is 65.7 Å². The Hall–Kier alpha value is -2.18. The molecule has 0 saturated heterocycles. The molecule has 0 unspecified atom stereocenters.